The number of nitrogens with one attached hydrogen (secondary N) is 1. The highest BCUT2D eigenvalue weighted by molar-refractivity contribution is 9.10. The maximum Gasteiger partial charge on any atom is 0.111 e. The average molecular weight is 474 g/mol. The molecule has 0 aliphatic rings. The third kappa shape index (κ3) is 3.91. The number of hydrogen-bond donors (Lipinski definition) is 1. The lowest BCUT2D eigenvalue weighted by atomic mass is 10.00. The van der Waals surface area contributed by atoms with Crippen molar-refractivity contribution in [1.29, 1.82) is 0 Å². The Bertz CT molecular complexity index is 1320. The molecule has 146 valence electrons. The quantitative estimate of drug-likeness (QED) is 0.282. The predicted molar refractivity (Wildman–Crippen MR) is 129 cm³/mol. The number of rotatable bonds is 4. The third-order valence-corrected chi connectivity index (χ3v) is 5.99. The zero-order chi connectivity index (χ0) is 20.5. The fourth-order valence-corrected chi connectivity index (χ4v) is 4.42. The molecule has 0 aliphatic heterocycles. The molecule has 2 nitrogen and oxygen atoms in total. The maximum absolute atomic E-state index is 6.63. The maximum atomic E-state index is 6.63. The van der Waals surface area contributed by atoms with Crippen molar-refractivity contribution in [3.63, 3.8) is 0 Å². The standard InChI is InChI=1S/C26H18BrClN2/c27-21-8-4-5-17(13-21)14-26-29-24-15-22(23(28)16-25(24)30-26)20-11-9-19(10-12-20)18-6-2-1-3-7-18/h1-13,15-16H,14H2,(H,29,30). The van der Waals surface area contributed by atoms with E-state index in [9.17, 15) is 0 Å². The van der Waals surface area contributed by atoms with Gasteiger partial charge >= 0.3 is 0 Å². The number of nitrogens with zero attached hydrogens (tertiary/aromatic N) is 1. The van der Waals surface area contributed by atoms with Gasteiger partial charge in [-0.05, 0) is 46.5 Å². The summed E-state index contributed by atoms with van der Waals surface area (Å²) in [5.41, 5.74) is 7.54. The number of fused-ring (bicyclic) bond motifs is 1. The normalized spacial score (nSPS) is 11.1. The van der Waals surface area contributed by atoms with Crippen LogP contribution in [0.1, 0.15) is 11.4 Å². The second kappa shape index (κ2) is 8.10. The Kier molecular flexibility index (Phi) is 5.16. The van der Waals surface area contributed by atoms with Gasteiger partial charge in [-0.2, -0.15) is 0 Å². The summed E-state index contributed by atoms with van der Waals surface area (Å²) >= 11 is 10.2. The van der Waals surface area contributed by atoms with E-state index in [-0.39, 0.29) is 0 Å². The molecule has 5 aromatic rings. The summed E-state index contributed by atoms with van der Waals surface area (Å²) in [4.78, 5) is 8.20. The Morgan fingerprint density at radius 3 is 2.27 bits per heavy atom. The van der Waals surface area contributed by atoms with Crippen LogP contribution in [0.25, 0.3) is 33.3 Å². The highest BCUT2D eigenvalue weighted by Crippen LogP contribution is 2.33. The van der Waals surface area contributed by atoms with Crippen LogP contribution >= 0.6 is 27.5 Å². The van der Waals surface area contributed by atoms with Crippen molar-refractivity contribution in [2.75, 3.05) is 0 Å². The molecular formula is C26H18BrClN2. The minimum atomic E-state index is 0.715. The van der Waals surface area contributed by atoms with Crippen LogP contribution in [-0.4, -0.2) is 9.97 Å². The number of H-pyrrole nitrogens is 1. The molecule has 0 atom stereocenters. The van der Waals surface area contributed by atoms with E-state index in [4.69, 9.17) is 16.6 Å². The van der Waals surface area contributed by atoms with Crippen molar-refractivity contribution in [2.45, 2.75) is 6.42 Å². The zero-order valence-electron chi connectivity index (χ0n) is 16.1. The number of hydrogen-bond acceptors (Lipinski definition) is 1. The lowest BCUT2D eigenvalue weighted by Crippen LogP contribution is -1.90. The Labute approximate surface area is 188 Å². The van der Waals surface area contributed by atoms with Crippen molar-refractivity contribution in [1.82, 2.24) is 9.97 Å². The highest BCUT2D eigenvalue weighted by Gasteiger charge is 2.11. The van der Waals surface area contributed by atoms with Crippen LogP contribution in [0.5, 0.6) is 0 Å². The van der Waals surface area contributed by atoms with Crippen molar-refractivity contribution in [3.8, 4) is 22.3 Å². The monoisotopic (exact) mass is 472 g/mol. The van der Waals surface area contributed by atoms with E-state index in [2.05, 4.69) is 87.6 Å². The average Bonchev–Trinajstić information content (AvgIpc) is 3.15. The lowest BCUT2D eigenvalue weighted by molar-refractivity contribution is 1.04. The minimum Gasteiger partial charge on any atom is -0.342 e. The molecule has 4 aromatic carbocycles. The lowest BCUT2D eigenvalue weighted by Gasteiger charge is -2.07. The van der Waals surface area contributed by atoms with Gasteiger partial charge in [0.25, 0.3) is 0 Å². The second-order valence-electron chi connectivity index (χ2n) is 7.28. The van der Waals surface area contributed by atoms with Crippen LogP contribution in [0.3, 0.4) is 0 Å². The van der Waals surface area contributed by atoms with Crippen LogP contribution in [-0.2, 0) is 6.42 Å². The molecule has 30 heavy (non-hydrogen) atoms. The first-order valence-electron chi connectivity index (χ1n) is 9.74. The molecule has 0 fully saturated rings. The summed E-state index contributed by atoms with van der Waals surface area (Å²) in [6.45, 7) is 0. The molecule has 1 aromatic heterocycles. The summed E-state index contributed by atoms with van der Waals surface area (Å²) in [6.07, 6.45) is 0.743. The molecule has 0 unspecified atom stereocenters. The summed E-state index contributed by atoms with van der Waals surface area (Å²) in [5, 5.41) is 0.715. The molecule has 0 aliphatic carbocycles. The van der Waals surface area contributed by atoms with Crippen molar-refractivity contribution in [3.05, 3.63) is 112 Å². The van der Waals surface area contributed by atoms with E-state index in [1.54, 1.807) is 0 Å². The van der Waals surface area contributed by atoms with E-state index < -0.39 is 0 Å². The summed E-state index contributed by atoms with van der Waals surface area (Å²) in [6, 6.07) is 31.2. The van der Waals surface area contributed by atoms with Gasteiger partial charge in [-0.3, -0.25) is 0 Å². The molecule has 0 bridgehead atoms. The highest BCUT2D eigenvalue weighted by atomic mass is 79.9. The van der Waals surface area contributed by atoms with Crippen LogP contribution in [0.2, 0.25) is 5.02 Å². The van der Waals surface area contributed by atoms with E-state index in [1.807, 2.05) is 24.3 Å². The zero-order valence-corrected chi connectivity index (χ0v) is 18.4. The van der Waals surface area contributed by atoms with Crippen LogP contribution in [0.4, 0.5) is 0 Å². The van der Waals surface area contributed by atoms with Gasteiger partial charge in [0, 0.05) is 16.5 Å². The Morgan fingerprint density at radius 1 is 0.767 bits per heavy atom. The van der Waals surface area contributed by atoms with Gasteiger partial charge in [0.2, 0.25) is 0 Å². The molecular weight excluding hydrogens is 456 g/mol. The summed E-state index contributed by atoms with van der Waals surface area (Å²) in [7, 11) is 0. The molecule has 1 N–H and O–H groups in total. The number of imidazole rings is 1. The first-order valence-corrected chi connectivity index (χ1v) is 10.9. The molecule has 0 radical (unpaired) electrons. The third-order valence-electron chi connectivity index (χ3n) is 5.18. The smallest absolute Gasteiger partial charge is 0.111 e. The number of halogens is 2. The second-order valence-corrected chi connectivity index (χ2v) is 8.61. The molecule has 0 spiro atoms. The SMILES string of the molecule is Clc1cc2[nH]c(Cc3cccc(Br)c3)nc2cc1-c1ccc(-c2ccccc2)cc1. The molecule has 1 heterocycles. The Balaban J connectivity index is 1.47. The van der Waals surface area contributed by atoms with Crippen molar-refractivity contribution >= 4 is 38.6 Å². The fourth-order valence-electron chi connectivity index (χ4n) is 3.70. The molecule has 0 amide bonds. The van der Waals surface area contributed by atoms with Crippen LogP contribution < -0.4 is 0 Å². The molecule has 0 saturated heterocycles. The predicted octanol–water partition coefficient (Wildman–Crippen LogP) is 7.90. The van der Waals surface area contributed by atoms with Gasteiger partial charge in [-0.25, -0.2) is 4.98 Å². The van der Waals surface area contributed by atoms with Crippen molar-refractivity contribution in [2.24, 2.45) is 0 Å². The van der Waals surface area contributed by atoms with Crippen LogP contribution in [0.15, 0.2) is 95.5 Å². The van der Waals surface area contributed by atoms with E-state index in [0.717, 1.165) is 38.9 Å². The molecule has 4 heteroatoms. The van der Waals surface area contributed by atoms with Gasteiger partial charge in [0.1, 0.15) is 5.82 Å². The number of benzene rings is 4. The van der Waals surface area contributed by atoms with E-state index in [1.165, 1.54) is 16.7 Å². The van der Waals surface area contributed by atoms with Gasteiger partial charge in [-0.15, -0.1) is 0 Å². The van der Waals surface area contributed by atoms with Gasteiger partial charge in [0.05, 0.1) is 16.1 Å². The topological polar surface area (TPSA) is 28.7 Å². The van der Waals surface area contributed by atoms with Gasteiger partial charge in [0.15, 0.2) is 0 Å². The van der Waals surface area contributed by atoms with E-state index in [0.29, 0.717) is 5.02 Å². The van der Waals surface area contributed by atoms with Gasteiger partial charge in [-0.1, -0.05) is 94.3 Å². The van der Waals surface area contributed by atoms with Gasteiger partial charge < -0.3 is 4.98 Å². The molecule has 5 rings (SSSR count). The minimum absolute atomic E-state index is 0.715. The largest absolute Gasteiger partial charge is 0.342 e. The summed E-state index contributed by atoms with van der Waals surface area (Å²) < 4.78 is 1.07. The molecule has 0 saturated carbocycles. The van der Waals surface area contributed by atoms with Crippen molar-refractivity contribution < 1.29 is 0 Å². The fraction of sp³-hybridized carbons (Fsp3) is 0.0385. The Morgan fingerprint density at radius 2 is 1.50 bits per heavy atom. The van der Waals surface area contributed by atoms with E-state index >= 15 is 0 Å². The Hall–Kier alpha value is -2.88. The first kappa shape index (κ1) is 19.1. The number of aromatic nitrogens is 2. The first-order chi connectivity index (χ1) is 14.7. The van der Waals surface area contributed by atoms with Crippen LogP contribution in [0, 0.1) is 0 Å². The summed E-state index contributed by atoms with van der Waals surface area (Å²) in [5.74, 6) is 0.927. The number of aromatic amines is 1.